The van der Waals surface area contributed by atoms with Crippen LogP contribution in [0, 0.1) is 0 Å². The van der Waals surface area contributed by atoms with E-state index in [0.29, 0.717) is 12.4 Å². The number of carboxylic acid groups (broad SMARTS) is 1. The van der Waals surface area contributed by atoms with Gasteiger partial charge >= 0.3 is 11.7 Å². The van der Waals surface area contributed by atoms with Crippen molar-refractivity contribution in [2.45, 2.75) is 63.4 Å². The zero-order valence-corrected chi connectivity index (χ0v) is 23.4. The summed E-state index contributed by atoms with van der Waals surface area (Å²) in [6.07, 6.45) is 6.15. The zero-order chi connectivity index (χ0) is 25.7. The maximum atomic E-state index is 13.1. The molecule has 0 aliphatic carbocycles. The summed E-state index contributed by atoms with van der Waals surface area (Å²) in [5, 5.41) is 9.40. The van der Waals surface area contributed by atoms with E-state index in [-0.39, 0.29) is 18.9 Å². The van der Waals surface area contributed by atoms with Gasteiger partial charge in [-0.1, -0.05) is 50.4 Å². The largest absolute Gasteiger partial charge is 0.480 e. The minimum Gasteiger partial charge on any atom is -0.480 e. The van der Waals surface area contributed by atoms with Gasteiger partial charge in [0.15, 0.2) is 5.82 Å². The van der Waals surface area contributed by atoms with Gasteiger partial charge in [-0.05, 0) is 32.2 Å². The van der Waals surface area contributed by atoms with Crippen molar-refractivity contribution in [3.8, 4) is 0 Å². The van der Waals surface area contributed by atoms with Gasteiger partial charge in [0, 0.05) is 20.8 Å². The monoisotopic (exact) mass is 536 g/mol. The van der Waals surface area contributed by atoms with Crippen LogP contribution in [0.4, 0.5) is 11.5 Å². The van der Waals surface area contributed by atoms with Crippen LogP contribution in [-0.2, 0) is 28.0 Å². The Hall–Kier alpha value is -1.36. The van der Waals surface area contributed by atoms with E-state index in [0.717, 1.165) is 43.1 Å². The average molecular weight is 537 g/mol. The van der Waals surface area contributed by atoms with Crippen molar-refractivity contribution in [3.63, 3.8) is 0 Å². The van der Waals surface area contributed by atoms with Crippen LogP contribution in [0.5, 0.6) is 0 Å². The maximum absolute atomic E-state index is 13.1. The highest BCUT2D eigenvalue weighted by Gasteiger charge is 2.41. The molecular weight excluding hydrogens is 499 g/mol. The third kappa shape index (κ3) is 7.08. The lowest BCUT2D eigenvalue weighted by molar-refractivity contribution is -0.135. The van der Waals surface area contributed by atoms with Crippen LogP contribution >= 0.6 is 29.9 Å². The molecule has 0 fully saturated rings. The molecule has 0 aromatic carbocycles. The third-order valence-corrected chi connectivity index (χ3v) is 11.7. The average Bonchev–Trinajstić information content (AvgIpc) is 3.06. The van der Waals surface area contributed by atoms with Gasteiger partial charge in [0.2, 0.25) is 0 Å². The Kier molecular flexibility index (Phi) is 10.2. The molecule has 2 heterocycles. The van der Waals surface area contributed by atoms with Crippen molar-refractivity contribution in [1.82, 2.24) is 9.13 Å². The van der Waals surface area contributed by atoms with E-state index >= 15 is 0 Å². The number of nitrogens with zero attached hydrogens (tertiary/aromatic N) is 4. The molecule has 1 aliphatic heterocycles. The van der Waals surface area contributed by atoms with E-state index < -0.39 is 27.9 Å². The van der Waals surface area contributed by atoms with E-state index in [1.165, 1.54) is 39.8 Å². The van der Waals surface area contributed by atoms with Gasteiger partial charge in [-0.2, -0.15) is 0 Å². The van der Waals surface area contributed by atoms with Crippen molar-refractivity contribution >= 4 is 47.4 Å². The van der Waals surface area contributed by atoms with E-state index in [1.54, 1.807) is 24.9 Å². The molecular formula is C21H37N4O6PS2. The Balaban J connectivity index is 2.44. The summed E-state index contributed by atoms with van der Waals surface area (Å²) in [6.45, 7) is 4.68. The van der Waals surface area contributed by atoms with Gasteiger partial charge in [0.1, 0.15) is 18.9 Å². The van der Waals surface area contributed by atoms with E-state index in [4.69, 9.17) is 4.52 Å². The fourth-order valence-corrected chi connectivity index (χ4v) is 11.5. The van der Waals surface area contributed by atoms with Crippen molar-refractivity contribution in [3.05, 3.63) is 20.8 Å². The Bertz CT molecular complexity index is 1050. The number of aliphatic carboxylic acids is 1. The Morgan fingerprint density at radius 3 is 2.38 bits per heavy atom. The summed E-state index contributed by atoms with van der Waals surface area (Å²) in [5.41, 5.74) is -0.845. The van der Waals surface area contributed by atoms with Gasteiger partial charge in [-0.3, -0.25) is 27.6 Å². The van der Waals surface area contributed by atoms with Crippen molar-refractivity contribution in [2.24, 2.45) is 14.1 Å². The molecule has 2 unspecified atom stereocenters. The first-order chi connectivity index (χ1) is 15.9. The number of rotatable bonds is 14. The Morgan fingerprint density at radius 1 is 1.15 bits per heavy atom. The molecule has 1 N–H and O–H groups in total. The predicted octanol–water partition coefficient (Wildman–Crippen LogP) is 4.07. The number of aromatic nitrogens is 2. The second-order valence-electron chi connectivity index (χ2n) is 8.66. The van der Waals surface area contributed by atoms with Gasteiger partial charge in [0.05, 0.1) is 10.7 Å². The third-order valence-electron chi connectivity index (χ3n) is 5.55. The van der Waals surface area contributed by atoms with Crippen molar-refractivity contribution in [1.29, 1.82) is 0 Å². The molecule has 0 spiro atoms. The first kappa shape index (κ1) is 28.9. The predicted molar refractivity (Wildman–Crippen MR) is 141 cm³/mol. The SMILES string of the molecule is CCCCCCCC(C)(SN1CN(CC(=O)O)c2c1n(C)c(=O)n(C)c2=O)SP(C)(=O)OCC. The zero-order valence-electron chi connectivity index (χ0n) is 20.9. The van der Waals surface area contributed by atoms with Crippen LogP contribution in [0.3, 0.4) is 0 Å². The van der Waals surface area contributed by atoms with Gasteiger partial charge in [0.25, 0.3) is 12.1 Å². The number of unbranched alkanes of at least 4 members (excludes halogenated alkanes) is 4. The second kappa shape index (κ2) is 12.1. The topological polar surface area (TPSA) is 114 Å². The number of carboxylic acids is 1. The van der Waals surface area contributed by atoms with E-state index in [9.17, 15) is 24.1 Å². The lowest BCUT2D eigenvalue weighted by Crippen LogP contribution is -2.40. The summed E-state index contributed by atoms with van der Waals surface area (Å²) in [7, 11) is 2.95. The molecule has 34 heavy (non-hydrogen) atoms. The van der Waals surface area contributed by atoms with Crippen LogP contribution in [0.1, 0.15) is 59.3 Å². The Labute approximate surface area is 209 Å². The quantitative estimate of drug-likeness (QED) is 0.161. The highest BCUT2D eigenvalue weighted by Crippen LogP contribution is 2.66. The molecule has 194 valence electrons. The molecule has 0 saturated heterocycles. The van der Waals surface area contributed by atoms with Crippen LogP contribution in [-0.4, -0.2) is 50.8 Å². The molecule has 1 aromatic heterocycles. The van der Waals surface area contributed by atoms with Crippen LogP contribution in [0.2, 0.25) is 0 Å². The minimum absolute atomic E-state index is 0.119. The van der Waals surface area contributed by atoms with Crippen LogP contribution in [0.15, 0.2) is 9.59 Å². The summed E-state index contributed by atoms with van der Waals surface area (Å²) in [4.78, 5) is 38.5. The number of carbonyl (C=O) groups is 1. The second-order valence-corrected chi connectivity index (χ2v) is 15.9. The molecule has 1 aliphatic rings. The number of anilines is 2. The summed E-state index contributed by atoms with van der Waals surface area (Å²) in [5.74, 6) is -0.712. The number of hydrogen-bond donors (Lipinski definition) is 1. The summed E-state index contributed by atoms with van der Waals surface area (Å²) in [6, 6.07) is 0. The van der Waals surface area contributed by atoms with Crippen molar-refractivity contribution in [2.75, 3.05) is 35.7 Å². The molecule has 2 rings (SSSR count). The number of hydrogen-bond acceptors (Lipinski definition) is 9. The van der Waals surface area contributed by atoms with Crippen molar-refractivity contribution < 1.29 is 19.0 Å². The lowest BCUT2D eigenvalue weighted by atomic mass is 10.1. The molecule has 1 aromatic rings. The van der Waals surface area contributed by atoms with Gasteiger partial charge < -0.3 is 14.5 Å². The number of fused-ring (bicyclic) bond motifs is 1. The van der Waals surface area contributed by atoms with Crippen LogP contribution in [0.25, 0.3) is 0 Å². The molecule has 0 radical (unpaired) electrons. The Morgan fingerprint density at radius 2 is 1.79 bits per heavy atom. The normalized spacial score (nSPS) is 16.9. The fraction of sp³-hybridized carbons (Fsp3) is 0.762. The van der Waals surface area contributed by atoms with Gasteiger partial charge in [-0.15, -0.1) is 0 Å². The first-order valence-corrected chi connectivity index (χ1v) is 15.8. The standard InChI is InChI=1S/C21H37N4O6PS2/c1-7-9-10-11-12-13-21(3,34-32(6,30)31-8-2)33-25-15-24(14-16(26)27)17-18(25)22(4)20(29)23(5)19(17)28/h7-15H2,1-6H3,(H,26,27). The molecule has 2 atom stereocenters. The lowest BCUT2D eigenvalue weighted by Gasteiger charge is -2.34. The maximum Gasteiger partial charge on any atom is 0.332 e. The van der Waals surface area contributed by atoms with E-state index in [2.05, 4.69) is 6.92 Å². The molecule has 10 nitrogen and oxygen atoms in total. The van der Waals surface area contributed by atoms with Gasteiger partial charge in [-0.25, -0.2) is 4.79 Å². The molecule has 0 amide bonds. The highest BCUT2D eigenvalue weighted by atomic mass is 32.7. The van der Waals surface area contributed by atoms with E-state index in [1.807, 2.05) is 6.92 Å². The molecule has 13 heteroatoms. The minimum atomic E-state index is -2.97. The molecule has 0 saturated carbocycles. The summed E-state index contributed by atoms with van der Waals surface area (Å²) >= 11 is 2.66. The van der Waals surface area contributed by atoms with Crippen LogP contribution < -0.4 is 20.5 Å². The highest BCUT2D eigenvalue weighted by molar-refractivity contribution is 8.59. The smallest absolute Gasteiger partial charge is 0.332 e. The fourth-order valence-electron chi connectivity index (χ4n) is 4.04. The molecule has 0 bridgehead atoms. The summed E-state index contributed by atoms with van der Waals surface area (Å²) < 4.78 is 22.2. The first-order valence-electron chi connectivity index (χ1n) is 11.5.